The fourth-order valence-electron chi connectivity index (χ4n) is 1.54. The van der Waals surface area contributed by atoms with Crippen LogP contribution in [0.2, 0.25) is 0 Å². The van der Waals surface area contributed by atoms with Crippen molar-refractivity contribution in [3.63, 3.8) is 0 Å². The second-order valence-electron chi connectivity index (χ2n) is 3.99. The molecule has 4 N–H and O–H groups in total. The van der Waals surface area contributed by atoms with E-state index in [1.165, 1.54) is 19.4 Å². The third kappa shape index (κ3) is 4.59. The van der Waals surface area contributed by atoms with Crippen LogP contribution in [0.3, 0.4) is 0 Å². The summed E-state index contributed by atoms with van der Waals surface area (Å²) in [6.45, 7) is 0.433. The van der Waals surface area contributed by atoms with Crippen molar-refractivity contribution in [1.82, 2.24) is 0 Å². The van der Waals surface area contributed by atoms with Crippen LogP contribution in [-0.4, -0.2) is 42.1 Å². The summed E-state index contributed by atoms with van der Waals surface area (Å²) >= 11 is 0. The van der Waals surface area contributed by atoms with Gasteiger partial charge in [0.1, 0.15) is 6.04 Å². The van der Waals surface area contributed by atoms with Gasteiger partial charge in [-0.25, -0.2) is 4.79 Å². The molecule has 0 amide bonds. The molecular weight excluding hydrogens is 248 g/mol. The molecule has 1 unspecified atom stereocenters. The van der Waals surface area contributed by atoms with Crippen molar-refractivity contribution in [2.75, 3.05) is 13.7 Å². The lowest BCUT2D eigenvalue weighted by molar-refractivity contribution is -0.138. The summed E-state index contributed by atoms with van der Waals surface area (Å²) in [5.41, 5.74) is 5.95. The first kappa shape index (κ1) is 15.0. The SMILES string of the molecule is COc1ccc(C=NC(CCCN)C(=O)O)cc1O. The quantitative estimate of drug-likeness (QED) is 0.639. The van der Waals surface area contributed by atoms with Crippen molar-refractivity contribution in [3.05, 3.63) is 23.8 Å². The van der Waals surface area contributed by atoms with Gasteiger partial charge in [0.15, 0.2) is 11.5 Å². The predicted octanol–water partition coefficient (Wildman–Crippen LogP) is 1.01. The lowest BCUT2D eigenvalue weighted by Gasteiger charge is -2.06. The van der Waals surface area contributed by atoms with Gasteiger partial charge in [0.25, 0.3) is 0 Å². The number of nitrogens with two attached hydrogens (primary N) is 1. The molecule has 104 valence electrons. The number of nitrogens with zero attached hydrogens (tertiary/aromatic N) is 1. The van der Waals surface area contributed by atoms with E-state index in [0.717, 1.165) is 0 Å². The molecule has 0 aliphatic rings. The summed E-state index contributed by atoms with van der Waals surface area (Å²) in [5, 5.41) is 18.6. The third-order valence-corrected chi connectivity index (χ3v) is 2.57. The highest BCUT2D eigenvalue weighted by Crippen LogP contribution is 2.25. The van der Waals surface area contributed by atoms with Crippen LogP contribution in [0, 0.1) is 0 Å². The van der Waals surface area contributed by atoms with Crippen molar-refractivity contribution < 1.29 is 19.7 Å². The number of phenolic OH excluding ortho intramolecular Hbond substituents is 1. The van der Waals surface area contributed by atoms with Gasteiger partial charge >= 0.3 is 5.97 Å². The zero-order chi connectivity index (χ0) is 14.3. The van der Waals surface area contributed by atoms with Gasteiger partial charge in [-0.1, -0.05) is 0 Å². The molecule has 0 fully saturated rings. The molecule has 0 aliphatic heterocycles. The summed E-state index contributed by atoms with van der Waals surface area (Å²) in [5.74, 6) is -0.641. The molecular formula is C13H18N2O4. The lowest BCUT2D eigenvalue weighted by Crippen LogP contribution is -2.19. The van der Waals surface area contributed by atoms with E-state index >= 15 is 0 Å². The van der Waals surface area contributed by atoms with E-state index in [2.05, 4.69) is 4.99 Å². The molecule has 0 radical (unpaired) electrons. The smallest absolute Gasteiger partial charge is 0.328 e. The number of aliphatic carboxylic acids is 1. The summed E-state index contributed by atoms with van der Waals surface area (Å²) in [4.78, 5) is 15.0. The Morgan fingerprint density at radius 1 is 1.58 bits per heavy atom. The minimum absolute atomic E-state index is 0.0136. The predicted molar refractivity (Wildman–Crippen MR) is 72.0 cm³/mol. The average molecular weight is 266 g/mol. The number of carbonyl (C=O) groups is 1. The Labute approximate surface area is 111 Å². The standard InChI is InChI=1S/C13H18N2O4/c1-19-12-5-4-9(7-11(12)16)8-15-10(13(17)18)3-2-6-14/h4-5,7-8,10,16H,2-3,6,14H2,1H3,(H,17,18). The van der Waals surface area contributed by atoms with Gasteiger partial charge in [0.2, 0.25) is 0 Å². The minimum atomic E-state index is -0.984. The number of phenols is 1. The van der Waals surface area contributed by atoms with Crippen molar-refractivity contribution in [3.8, 4) is 11.5 Å². The second kappa shape index (κ2) is 7.38. The van der Waals surface area contributed by atoms with E-state index in [4.69, 9.17) is 15.6 Å². The number of ether oxygens (including phenoxy) is 1. The zero-order valence-corrected chi connectivity index (χ0v) is 10.7. The Kier molecular flexibility index (Phi) is 5.81. The highest BCUT2D eigenvalue weighted by Gasteiger charge is 2.14. The molecule has 0 bridgehead atoms. The topological polar surface area (TPSA) is 105 Å². The monoisotopic (exact) mass is 266 g/mol. The van der Waals surface area contributed by atoms with E-state index < -0.39 is 12.0 Å². The summed E-state index contributed by atoms with van der Waals surface area (Å²) in [7, 11) is 1.45. The van der Waals surface area contributed by atoms with Crippen LogP contribution in [0.1, 0.15) is 18.4 Å². The maximum Gasteiger partial charge on any atom is 0.328 e. The molecule has 0 aliphatic carbocycles. The first-order valence-electron chi connectivity index (χ1n) is 5.91. The van der Waals surface area contributed by atoms with E-state index in [9.17, 15) is 9.90 Å². The highest BCUT2D eigenvalue weighted by atomic mass is 16.5. The molecule has 0 aromatic heterocycles. The van der Waals surface area contributed by atoms with Gasteiger partial charge < -0.3 is 20.7 Å². The van der Waals surface area contributed by atoms with E-state index in [1.54, 1.807) is 12.1 Å². The Hall–Kier alpha value is -2.08. The number of methoxy groups -OCH3 is 1. The van der Waals surface area contributed by atoms with Gasteiger partial charge in [0, 0.05) is 6.21 Å². The summed E-state index contributed by atoms with van der Waals surface area (Å²) < 4.78 is 4.91. The Morgan fingerprint density at radius 2 is 2.32 bits per heavy atom. The Balaban J connectivity index is 2.78. The Bertz CT molecular complexity index is 460. The van der Waals surface area contributed by atoms with Crippen molar-refractivity contribution >= 4 is 12.2 Å². The molecule has 1 aromatic rings. The summed E-state index contributed by atoms with van der Waals surface area (Å²) in [6.07, 6.45) is 2.42. The van der Waals surface area contributed by atoms with Crippen LogP contribution < -0.4 is 10.5 Å². The molecule has 1 aromatic carbocycles. The van der Waals surface area contributed by atoms with Gasteiger partial charge in [-0.2, -0.15) is 0 Å². The molecule has 1 rings (SSSR count). The molecule has 6 nitrogen and oxygen atoms in total. The van der Waals surface area contributed by atoms with E-state index in [0.29, 0.717) is 30.7 Å². The van der Waals surface area contributed by atoms with Gasteiger partial charge in [-0.3, -0.25) is 4.99 Å². The summed E-state index contributed by atoms with van der Waals surface area (Å²) in [6, 6.07) is 3.92. The molecule has 0 heterocycles. The number of hydrogen-bond acceptors (Lipinski definition) is 5. The van der Waals surface area contributed by atoms with E-state index in [-0.39, 0.29) is 5.75 Å². The van der Waals surface area contributed by atoms with Crippen LogP contribution >= 0.6 is 0 Å². The van der Waals surface area contributed by atoms with Gasteiger partial charge in [-0.05, 0) is 43.1 Å². The minimum Gasteiger partial charge on any atom is -0.504 e. The van der Waals surface area contributed by atoms with Crippen LogP contribution in [0.4, 0.5) is 0 Å². The van der Waals surface area contributed by atoms with Crippen molar-refractivity contribution in [1.29, 1.82) is 0 Å². The second-order valence-corrected chi connectivity index (χ2v) is 3.99. The number of carboxylic acid groups (broad SMARTS) is 1. The maximum absolute atomic E-state index is 11.0. The number of rotatable bonds is 7. The van der Waals surface area contributed by atoms with Gasteiger partial charge in [-0.15, -0.1) is 0 Å². The maximum atomic E-state index is 11.0. The lowest BCUT2D eigenvalue weighted by atomic mass is 10.1. The average Bonchev–Trinajstić information content (AvgIpc) is 2.38. The largest absolute Gasteiger partial charge is 0.504 e. The fourth-order valence-corrected chi connectivity index (χ4v) is 1.54. The third-order valence-electron chi connectivity index (χ3n) is 2.57. The molecule has 0 spiro atoms. The number of benzene rings is 1. The van der Waals surface area contributed by atoms with Gasteiger partial charge in [0.05, 0.1) is 7.11 Å². The van der Waals surface area contributed by atoms with Crippen molar-refractivity contribution in [2.24, 2.45) is 10.7 Å². The van der Waals surface area contributed by atoms with Crippen LogP contribution in [-0.2, 0) is 4.79 Å². The first-order chi connectivity index (χ1) is 9.08. The Morgan fingerprint density at radius 3 is 2.84 bits per heavy atom. The van der Waals surface area contributed by atoms with Crippen LogP contribution in [0.15, 0.2) is 23.2 Å². The molecule has 0 saturated carbocycles. The zero-order valence-electron chi connectivity index (χ0n) is 10.7. The first-order valence-corrected chi connectivity index (χ1v) is 5.91. The molecule has 19 heavy (non-hydrogen) atoms. The fraction of sp³-hybridized carbons (Fsp3) is 0.385. The molecule has 6 heteroatoms. The van der Waals surface area contributed by atoms with Crippen LogP contribution in [0.25, 0.3) is 0 Å². The highest BCUT2D eigenvalue weighted by molar-refractivity contribution is 5.84. The normalized spacial score (nSPS) is 12.5. The number of aliphatic imine (C=N–C) groups is 1. The molecule has 1 atom stereocenters. The van der Waals surface area contributed by atoms with E-state index in [1.807, 2.05) is 0 Å². The van der Waals surface area contributed by atoms with Crippen LogP contribution in [0.5, 0.6) is 11.5 Å². The number of hydrogen-bond donors (Lipinski definition) is 3. The van der Waals surface area contributed by atoms with Crippen molar-refractivity contribution in [2.45, 2.75) is 18.9 Å². The molecule has 0 saturated heterocycles. The number of aromatic hydroxyl groups is 1. The number of carboxylic acids is 1.